The monoisotopic (exact) mass is 378 g/mol. The number of methoxy groups -OCH3 is 3. The highest BCUT2D eigenvalue weighted by Gasteiger charge is 2.14. The van der Waals surface area contributed by atoms with Crippen molar-refractivity contribution in [2.24, 2.45) is 0 Å². The van der Waals surface area contributed by atoms with E-state index in [1.54, 1.807) is 0 Å². The first kappa shape index (κ1) is 10.1. The molecule has 0 unspecified atom stereocenters. The Kier molecular flexibility index (Phi) is 2.77. The van der Waals surface area contributed by atoms with Crippen LogP contribution in [0.5, 0.6) is 17.2 Å². The number of nitrogens with two attached hydrogens (primary N) is 2. The highest BCUT2D eigenvalue weighted by atomic mass is 16.5. The highest BCUT2D eigenvalue weighted by molar-refractivity contribution is 5.92. The van der Waals surface area contributed by atoms with Crippen molar-refractivity contribution in [3.63, 3.8) is 0 Å². The molecular formula is C19H23N5O3. The fraction of sp³-hybridized carbons (Fsp3) is 0.263. The Morgan fingerprint density at radius 2 is 1.96 bits per heavy atom. The van der Waals surface area contributed by atoms with Crippen LogP contribution in [0.1, 0.15) is 23.5 Å². The summed E-state index contributed by atoms with van der Waals surface area (Å²) in [5.41, 5.74) is 11.0. The average Bonchev–Trinajstić information content (AvgIpc) is 2.75. The predicted molar refractivity (Wildman–Crippen MR) is 107 cm³/mol. The van der Waals surface area contributed by atoms with Gasteiger partial charge >= 0.3 is 0 Å². The number of hydrogen-bond donors (Lipinski definition) is 3. The van der Waals surface area contributed by atoms with E-state index < -0.39 is 26.0 Å². The van der Waals surface area contributed by atoms with E-state index in [-0.39, 0.29) is 69.3 Å². The molecule has 0 fully saturated rings. The van der Waals surface area contributed by atoms with Gasteiger partial charge in [-0.15, -0.1) is 0 Å². The van der Waals surface area contributed by atoms with Gasteiger partial charge in [0, 0.05) is 33.8 Å². The van der Waals surface area contributed by atoms with Gasteiger partial charge in [-0.1, -0.05) is 6.04 Å². The van der Waals surface area contributed by atoms with Gasteiger partial charge in [0.05, 0.1) is 35.0 Å². The number of aryl methyl sites for hydroxylation is 1. The molecule has 0 saturated heterocycles. The first-order chi connectivity index (χ1) is 16.6. The second-order valence-corrected chi connectivity index (χ2v) is 5.36. The van der Waals surface area contributed by atoms with Gasteiger partial charge in [0.25, 0.3) is 0 Å². The van der Waals surface area contributed by atoms with Gasteiger partial charge in [0.1, 0.15) is 5.82 Å². The number of nitrogen functional groups attached to an aromatic ring is 2. The number of aromatic nitrogens is 2. The molecule has 0 radical (unpaired) electrons. The molecule has 0 bridgehead atoms. The summed E-state index contributed by atoms with van der Waals surface area (Å²) >= 11 is 0. The van der Waals surface area contributed by atoms with Crippen molar-refractivity contribution in [3.8, 4) is 17.2 Å². The molecule has 2 aromatic carbocycles. The Balaban J connectivity index is 2.19. The van der Waals surface area contributed by atoms with Crippen LogP contribution in [0.15, 0.2) is 24.2 Å². The average molecular weight is 378 g/mol. The number of rotatable bonds is 6. The summed E-state index contributed by atoms with van der Waals surface area (Å²) in [5, 5.41) is 2.72. The predicted octanol–water partition coefficient (Wildman–Crippen LogP) is 2.74. The SMILES string of the molecule is [2H]c1c(NCc2c([2H])c([2H])c3nc(N)nc(N)c3c2C([2H])([2H])[2H])cc(OC)c(OC([2H])([2H])[2H])c1OC. The van der Waals surface area contributed by atoms with Crippen molar-refractivity contribution < 1.29 is 26.5 Å². The molecule has 27 heavy (non-hydrogen) atoms. The van der Waals surface area contributed by atoms with E-state index in [4.69, 9.17) is 38.0 Å². The van der Waals surface area contributed by atoms with Crippen LogP contribution in [0.4, 0.5) is 17.5 Å². The van der Waals surface area contributed by atoms with E-state index in [2.05, 4.69) is 15.3 Å². The largest absolute Gasteiger partial charge is 0.493 e. The van der Waals surface area contributed by atoms with Gasteiger partial charge in [0.2, 0.25) is 11.7 Å². The highest BCUT2D eigenvalue weighted by Crippen LogP contribution is 2.40. The summed E-state index contributed by atoms with van der Waals surface area (Å²) in [6.45, 7) is -3.11. The van der Waals surface area contributed by atoms with Gasteiger partial charge < -0.3 is 31.0 Å². The normalized spacial score (nSPS) is 16.4. The smallest absolute Gasteiger partial charge is 0.222 e. The van der Waals surface area contributed by atoms with E-state index in [1.165, 1.54) is 20.3 Å². The summed E-state index contributed by atoms with van der Waals surface area (Å²) in [6, 6.07) is 0.109. The summed E-state index contributed by atoms with van der Waals surface area (Å²) in [7, 11) is -0.382. The van der Waals surface area contributed by atoms with E-state index in [0.717, 1.165) is 0 Å². The summed E-state index contributed by atoms with van der Waals surface area (Å²) in [5.74, 6) is -1.16. The minimum atomic E-state index is -2.85. The Bertz CT molecular complexity index is 1330. The fourth-order valence-electron chi connectivity index (χ4n) is 2.51. The molecule has 1 aromatic heterocycles. The zero-order valence-electron chi connectivity index (χ0n) is 23.6. The third-order valence-electron chi connectivity index (χ3n) is 3.77. The minimum Gasteiger partial charge on any atom is -0.493 e. The molecule has 142 valence electrons. The molecule has 0 aliphatic rings. The van der Waals surface area contributed by atoms with Gasteiger partial charge in [-0.2, -0.15) is 4.98 Å². The first-order valence-electron chi connectivity index (χ1n) is 12.1. The minimum absolute atomic E-state index is 0.0469. The zero-order valence-corrected chi connectivity index (χ0v) is 14.6. The lowest BCUT2D eigenvalue weighted by molar-refractivity contribution is 0.324. The number of nitrogens with one attached hydrogen (secondary N) is 1. The van der Waals surface area contributed by atoms with Crippen LogP contribution < -0.4 is 31.0 Å². The van der Waals surface area contributed by atoms with E-state index in [9.17, 15) is 0 Å². The second-order valence-electron chi connectivity index (χ2n) is 5.36. The number of benzene rings is 2. The molecule has 0 atom stereocenters. The number of hydrogen-bond acceptors (Lipinski definition) is 8. The molecule has 3 rings (SSSR count). The Labute approximate surface area is 170 Å². The van der Waals surface area contributed by atoms with E-state index >= 15 is 0 Å². The number of fused-ring (bicyclic) bond motifs is 1. The third kappa shape index (κ3) is 3.46. The van der Waals surface area contributed by atoms with E-state index in [1.807, 2.05) is 0 Å². The quantitative estimate of drug-likeness (QED) is 0.599. The molecule has 0 amide bonds. The summed E-state index contributed by atoms with van der Waals surface area (Å²) < 4.78 is 86.8. The molecule has 0 aliphatic heterocycles. The fourth-order valence-corrected chi connectivity index (χ4v) is 2.51. The lowest BCUT2D eigenvalue weighted by Crippen LogP contribution is -2.06. The van der Waals surface area contributed by atoms with Crippen molar-refractivity contribution in [2.45, 2.75) is 13.4 Å². The number of anilines is 3. The number of ether oxygens (including phenoxy) is 3. The van der Waals surface area contributed by atoms with Crippen LogP contribution in [0, 0.1) is 6.85 Å². The molecular weight excluding hydrogens is 346 g/mol. The molecule has 0 spiro atoms. The lowest BCUT2D eigenvalue weighted by atomic mass is 10.0. The zero-order chi connectivity index (χ0) is 27.2. The van der Waals surface area contributed by atoms with Gasteiger partial charge in [-0.05, 0) is 24.0 Å². The third-order valence-corrected chi connectivity index (χ3v) is 3.77. The van der Waals surface area contributed by atoms with Crippen molar-refractivity contribution in [1.82, 2.24) is 9.97 Å². The number of nitrogens with zero attached hydrogens (tertiary/aromatic N) is 2. The molecule has 8 nitrogen and oxygen atoms in total. The Morgan fingerprint density at radius 3 is 2.67 bits per heavy atom. The maximum absolute atomic E-state index is 8.45. The van der Waals surface area contributed by atoms with Crippen LogP contribution in [-0.4, -0.2) is 31.2 Å². The maximum Gasteiger partial charge on any atom is 0.222 e. The van der Waals surface area contributed by atoms with Gasteiger partial charge in [-0.3, -0.25) is 0 Å². The molecule has 1 heterocycles. The van der Waals surface area contributed by atoms with Crippen molar-refractivity contribution in [1.29, 1.82) is 0 Å². The summed E-state index contributed by atoms with van der Waals surface area (Å²) in [6.07, 6.45) is 0. The second kappa shape index (κ2) is 7.45. The molecule has 5 N–H and O–H groups in total. The van der Waals surface area contributed by atoms with Crippen molar-refractivity contribution in [2.75, 3.05) is 38.0 Å². The maximum atomic E-state index is 8.45. The van der Waals surface area contributed by atoms with Crippen molar-refractivity contribution in [3.05, 3.63) is 35.3 Å². The van der Waals surface area contributed by atoms with Gasteiger partial charge in [0.15, 0.2) is 11.5 Å². The van der Waals surface area contributed by atoms with Crippen LogP contribution in [0.2, 0.25) is 0 Å². The topological polar surface area (TPSA) is 118 Å². The van der Waals surface area contributed by atoms with E-state index in [0.29, 0.717) is 0 Å². The van der Waals surface area contributed by atoms with Crippen LogP contribution in [0.3, 0.4) is 0 Å². The van der Waals surface area contributed by atoms with Crippen molar-refractivity contribution >= 4 is 28.4 Å². The van der Waals surface area contributed by atoms with Crippen LogP contribution >= 0.6 is 0 Å². The first-order valence-corrected chi connectivity index (χ1v) is 7.64. The Morgan fingerprint density at radius 1 is 1.15 bits per heavy atom. The molecule has 0 aliphatic carbocycles. The lowest BCUT2D eigenvalue weighted by Gasteiger charge is -2.16. The Hall–Kier alpha value is -3.42. The standard InChI is InChI=1S/C19H23N5O3/c1-10-11(5-6-13-16(10)18(20)24-19(21)23-13)9-22-12-7-14(25-2)17(27-4)15(8-12)26-3/h5-8,22H,9H2,1-4H3,(H4,20,21,23,24)/i1D3,4D3,5D,6D,7D. The summed E-state index contributed by atoms with van der Waals surface area (Å²) in [4.78, 5) is 7.73. The van der Waals surface area contributed by atoms with Crippen LogP contribution in [-0.2, 0) is 6.54 Å². The van der Waals surface area contributed by atoms with Gasteiger partial charge in [-0.25, -0.2) is 4.98 Å². The molecule has 3 aromatic rings. The van der Waals surface area contributed by atoms with Crippen LogP contribution in [0.25, 0.3) is 10.9 Å². The molecule has 0 saturated carbocycles. The molecule has 8 heteroatoms.